The van der Waals surface area contributed by atoms with Gasteiger partial charge in [0.05, 0.1) is 20.3 Å². The fraction of sp³-hybridized carbons (Fsp3) is 0.619. The van der Waals surface area contributed by atoms with Crippen molar-refractivity contribution in [1.82, 2.24) is 29.6 Å². The minimum absolute atomic E-state index is 0.0675. The van der Waals surface area contributed by atoms with Crippen LogP contribution >= 0.6 is 0 Å². The molecule has 2 aliphatic heterocycles. The highest BCUT2D eigenvalue weighted by Crippen LogP contribution is 2.34. The number of tetrazole rings is 1. The van der Waals surface area contributed by atoms with Crippen molar-refractivity contribution in [3.63, 3.8) is 0 Å². The number of ether oxygens (including phenoxy) is 2. The standard InChI is InChI=1S/C21H30N6O8S/c1-32-18-5-3-17(4-6-18)19-22-24-27(23-19)9-2-14-34-25-10-12-26(13-11-25)36(30,31)21(20(28)35-29)7-15-33-16-8-21/h3-6,29H,2,7-16H2,1H3. The van der Waals surface area contributed by atoms with Gasteiger partial charge in [-0.15, -0.1) is 10.2 Å². The number of sulfonamides is 1. The van der Waals surface area contributed by atoms with E-state index in [1.807, 2.05) is 24.3 Å². The van der Waals surface area contributed by atoms with Gasteiger partial charge in [-0.1, -0.05) is 0 Å². The summed E-state index contributed by atoms with van der Waals surface area (Å²) in [6.45, 7) is 2.07. The van der Waals surface area contributed by atoms with E-state index in [0.29, 0.717) is 38.5 Å². The molecule has 15 heteroatoms. The maximum atomic E-state index is 13.3. The zero-order valence-corrected chi connectivity index (χ0v) is 20.8. The first-order chi connectivity index (χ1) is 17.4. The molecule has 0 amide bonds. The average Bonchev–Trinajstić information content (AvgIpc) is 3.40. The summed E-state index contributed by atoms with van der Waals surface area (Å²) in [7, 11) is -2.46. The molecule has 2 aliphatic rings. The van der Waals surface area contributed by atoms with Gasteiger partial charge in [-0.2, -0.15) is 19.4 Å². The van der Waals surface area contributed by atoms with Crippen LogP contribution in [-0.2, 0) is 35.8 Å². The van der Waals surface area contributed by atoms with Crippen molar-refractivity contribution in [1.29, 1.82) is 0 Å². The van der Waals surface area contributed by atoms with Crippen molar-refractivity contribution in [2.45, 2.75) is 30.6 Å². The lowest BCUT2D eigenvalue weighted by Crippen LogP contribution is -2.60. The van der Waals surface area contributed by atoms with Crippen molar-refractivity contribution in [2.75, 3.05) is 53.1 Å². The highest BCUT2D eigenvalue weighted by Gasteiger charge is 2.56. The first-order valence-electron chi connectivity index (χ1n) is 11.6. The zero-order valence-electron chi connectivity index (χ0n) is 20.0. The second-order valence-electron chi connectivity index (χ2n) is 8.44. The van der Waals surface area contributed by atoms with E-state index in [1.165, 1.54) is 9.10 Å². The molecule has 1 N–H and O–H groups in total. The number of benzene rings is 1. The topological polar surface area (TPSA) is 158 Å². The number of hydroxylamine groups is 2. The number of hydrogen-bond donors (Lipinski definition) is 1. The lowest BCUT2D eigenvalue weighted by molar-refractivity contribution is -0.239. The number of aromatic nitrogens is 4. The number of piperazine rings is 1. The number of carbonyl (C=O) groups is 1. The molecule has 0 spiro atoms. The Morgan fingerprint density at radius 3 is 2.47 bits per heavy atom. The first kappa shape index (κ1) is 26.4. The molecule has 198 valence electrons. The molecule has 0 saturated carbocycles. The van der Waals surface area contributed by atoms with Crippen LogP contribution in [0.4, 0.5) is 0 Å². The van der Waals surface area contributed by atoms with Gasteiger partial charge in [0.2, 0.25) is 15.8 Å². The molecule has 3 heterocycles. The maximum Gasteiger partial charge on any atom is 0.364 e. The molecule has 2 saturated heterocycles. The van der Waals surface area contributed by atoms with Gasteiger partial charge in [0.25, 0.3) is 0 Å². The zero-order chi connectivity index (χ0) is 25.6. The van der Waals surface area contributed by atoms with Crippen LogP contribution in [0.2, 0.25) is 0 Å². The second-order valence-corrected chi connectivity index (χ2v) is 10.7. The molecule has 1 aromatic carbocycles. The van der Waals surface area contributed by atoms with Gasteiger partial charge in [-0.3, -0.25) is 9.73 Å². The second kappa shape index (κ2) is 11.6. The Morgan fingerprint density at radius 2 is 1.83 bits per heavy atom. The quantitative estimate of drug-likeness (QED) is 0.255. The average molecular weight is 527 g/mol. The van der Waals surface area contributed by atoms with E-state index < -0.39 is 20.7 Å². The van der Waals surface area contributed by atoms with Gasteiger partial charge >= 0.3 is 5.97 Å². The smallest absolute Gasteiger partial charge is 0.364 e. The summed E-state index contributed by atoms with van der Waals surface area (Å²) in [6.07, 6.45) is 0.492. The largest absolute Gasteiger partial charge is 0.497 e. The lowest BCUT2D eigenvalue weighted by atomic mass is 9.99. The molecule has 2 fully saturated rings. The number of nitrogens with zero attached hydrogens (tertiary/aromatic N) is 6. The van der Waals surface area contributed by atoms with Crippen molar-refractivity contribution < 1.29 is 37.7 Å². The van der Waals surface area contributed by atoms with Gasteiger partial charge in [0.15, 0.2) is 4.75 Å². The van der Waals surface area contributed by atoms with Crippen LogP contribution in [-0.4, -0.2) is 107 Å². The van der Waals surface area contributed by atoms with Crippen LogP contribution in [0.15, 0.2) is 24.3 Å². The molecule has 2 aromatic rings. The summed E-state index contributed by atoms with van der Waals surface area (Å²) in [5.74, 6) is 0.0992. The molecular formula is C21H30N6O8S. The molecule has 36 heavy (non-hydrogen) atoms. The lowest BCUT2D eigenvalue weighted by Gasteiger charge is -2.40. The molecule has 0 radical (unpaired) electrons. The van der Waals surface area contributed by atoms with Crippen molar-refractivity contribution in [2.24, 2.45) is 0 Å². The Bertz CT molecular complexity index is 1110. The SMILES string of the molecule is COc1ccc(-c2nnn(CCCON3CCN(S(=O)(=O)C4(C(=O)OO)CCOCC4)CC3)n2)cc1. The Hall–Kier alpha value is -2.69. The number of rotatable bonds is 10. The van der Waals surface area contributed by atoms with Crippen molar-refractivity contribution in [3.8, 4) is 17.1 Å². The monoisotopic (exact) mass is 526 g/mol. The van der Waals surface area contributed by atoms with Gasteiger partial charge in [-0.05, 0) is 35.9 Å². The maximum absolute atomic E-state index is 13.3. The third-order valence-corrected chi connectivity index (χ3v) is 8.97. The number of hydrogen-bond acceptors (Lipinski definition) is 12. The van der Waals surface area contributed by atoms with Crippen molar-refractivity contribution in [3.05, 3.63) is 24.3 Å². The first-order valence-corrected chi connectivity index (χ1v) is 13.1. The summed E-state index contributed by atoms with van der Waals surface area (Å²) < 4.78 is 36.4. The normalized spacial score (nSPS) is 19.2. The molecule has 0 atom stereocenters. The summed E-state index contributed by atoms with van der Waals surface area (Å²) >= 11 is 0. The summed E-state index contributed by atoms with van der Waals surface area (Å²) in [5.41, 5.74) is 0.834. The van der Waals surface area contributed by atoms with E-state index >= 15 is 0 Å². The molecule has 4 rings (SSSR count). The van der Waals surface area contributed by atoms with E-state index in [9.17, 15) is 13.2 Å². The third kappa shape index (κ3) is 5.50. The van der Waals surface area contributed by atoms with E-state index in [0.717, 1.165) is 11.3 Å². The van der Waals surface area contributed by atoms with Crippen LogP contribution in [0.1, 0.15) is 19.3 Å². The molecule has 0 bridgehead atoms. The van der Waals surface area contributed by atoms with Crippen molar-refractivity contribution >= 4 is 16.0 Å². The number of methoxy groups -OCH3 is 1. The highest BCUT2D eigenvalue weighted by molar-refractivity contribution is 7.91. The van der Waals surface area contributed by atoms with Crippen LogP contribution in [0.25, 0.3) is 11.4 Å². The Labute approximate surface area is 208 Å². The van der Waals surface area contributed by atoms with Gasteiger partial charge < -0.3 is 9.47 Å². The summed E-state index contributed by atoms with van der Waals surface area (Å²) in [6, 6.07) is 7.38. The predicted molar refractivity (Wildman–Crippen MR) is 124 cm³/mol. The molecular weight excluding hydrogens is 496 g/mol. The van der Waals surface area contributed by atoms with E-state index in [2.05, 4.69) is 20.3 Å². The Balaban J connectivity index is 1.23. The summed E-state index contributed by atoms with van der Waals surface area (Å²) in [5, 5.41) is 23.1. The van der Waals surface area contributed by atoms with E-state index in [4.69, 9.17) is 19.6 Å². The van der Waals surface area contributed by atoms with Gasteiger partial charge in [0.1, 0.15) is 5.75 Å². The summed E-state index contributed by atoms with van der Waals surface area (Å²) in [4.78, 5) is 23.4. The van der Waals surface area contributed by atoms with Crippen LogP contribution in [0, 0.1) is 0 Å². The molecule has 1 aromatic heterocycles. The number of aryl methyl sites for hydroxylation is 1. The van der Waals surface area contributed by atoms with E-state index in [-0.39, 0.29) is 39.1 Å². The number of carbonyl (C=O) groups excluding carboxylic acids is 1. The van der Waals surface area contributed by atoms with Gasteiger partial charge in [0, 0.05) is 57.8 Å². The minimum Gasteiger partial charge on any atom is -0.497 e. The molecule has 0 unspecified atom stereocenters. The van der Waals surface area contributed by atoms with Crippen LogP contribution in [0.3, 0.4) is 0 Å². The van der Waals surface area contributed by atoms with Crippen LogP contribution in [0.5, 0.6) is 5.75 Å². The minimum atomic E-state index is -4.06. The fourth-order valence-electron chi connectivity index (χ4n) is 4.23. The molecule has 0 aliphatic carbocycles. The Kier molecular flexibility index (Phi) is 8.48. The van der Waals surface area contributed by atoms with Crippen LogP contribution < -0.4 is 4.74 Å². The predicted octanol–water partition coefficient (Wildman–Crippen LogP) is 0.183. The van der Waals surface area contributed by atoms with E-state index in [1.54, 1.807) is 12.2 Å². The van der Waals surface area contributed by atoms with Gasteiger partial charge in [-0.25, -0.2) is 13.2 Å². The Morgan fingerprint density at radius 1 is 1.14 bits per heavy atom. The molecule has 14 nitrogen and oxygen atoms in total. The fourth-order valence-corrected chi connectivity index (χ4v) is 6.30. The third-order valence-electron chi connectivity index (χ3n) is 6.36. The highest BCUT2D eigenvalue weighted by atomic mass is 32.2.